The van der Waals surface area contributed by atoms with E-state index in [0.717, 1.165) is 10.0 Å². The molecule has 0 saturated carbocycles. The van der Waals surface area contributed by atoms with Crippen LogP contribution in [0.2, 0.25) is 0 Å². The van der Waals surface area contributed by atoms with Gasteiger partial charge in [0.2, 0.25) is 11.9 Å². The molecule has 3 rings (SSSR count). The first-order valence-electron chi connectivity index (χ1n) is 6.83. The number of H-pyrrole nitrogens is 1. The van der Waals surface area contributed by atoms with Crippen LogP contribution >= 0.6 is 15.9 Å². The highest BCUT2D eigenvalue weighted by atomic mass is 79.9. The van der Waals surface area contributed by atoms with Crippen molar-refractivity contribution in [2.24, 2.45) is 0 Å². The van der Waals surface area contributed by atoms with E-state index in [4.69, 9.17) is 0 Å². The van der Waals surface area contributed by atoms with Crippen molar-refractivity contribution in [3.8, 4) is 11.4 Å². The lowest BCUT2D eigenvalue weighted by atomic mass is 10.1. The molecule has 0 spiro atoms. The SMILES string of the molecule is O=C(Cc1ccccc1F)Nc1n[nH]c(-c2cccc(Br)c2)n1. The second-order valence-corrected chi connectivity index (χ2v) is 5.75. The average Bonchev–Trinajstić information content (AvgIpc) is 2.98. The lowest BCUT2D eigenvalue weighted by molar-refractivity contribution is -0.115. The Hall–Kier alpha value is -2.54. The minimum atomic E-state index is -0.410. The summed E-state index contributed by atoms with van der Waals surface area (Å²) in [4.78, 5) is 16.2. The van der Waals surface area contributed by atoms with Gasteiger partial charge in [-0.3, -0.25) is 15.2 Å². The molecule has 0 aliphatic carbocycles. The lowest BCUT2D eigenvalue weighted by Crippen LogP contribution is -2.16. The number of nitrogens with one attached hydrogen (secondary N) is 2. The van der Waals surface area contributed by atoms with Crippen LogP contribution < -0.4 is 5.32 Å². The Morgan fingerprint density at radius 1 is 1.22 bits per heavy atom. The van der Waals surface area contributed by atoms with Gasteiger partial charge in [0, 0.05) is 10.0 Å². The predicted octanol–water partition coefficient (Wildman–Crippen LogP) is 3.55. The molecule has 3 aromatic rings. The molecule has 2 N–H and O–H groups in total. The number of rotatable bonds is 4. The Morgan fingerprint density at radius 3 is 2.83 bits per heavy atom. The van der Waals surface area contributed by atoms with Gasteiger partial charge in [-0.2, -0.15) is 4.98 Å². The first kappa shape index (κ1) is 15.4. The normalized spacial score (nSPS) is 10.5. The molecule has 1 heterocycles. The highest BCUT2D eigenvalue weighted by molar-refractivity contribution is 9.10. The van der Waals surface area contributed by atoms with Crippen LogP contribution in [0.3, 0.4) is 0 Å². The molecule has 0 atom stereocenters. The standard InChI is InChI=1S/C16H12BrFN4O/c17-12-6-3-5-11(8-12)15-20-16(22-21-15)19-14(23)9-10-4-1-2-7-13(10)18/h1-8H,9H2,(H2,19,20,21,22,23). The topological polar surface area (TPSA) is 70.7 Å². The number of hydrogen-bond acceptors (Lipinski definition) is 3. The van der Waals surface area contributed by atoms with Crippen molar-refractivity contribution in [3.63, 3.8) is 0 Å². The van der Waals surface area contributed by atoms with E-state index in [9.17, 15) is 9.18 Å². The molecule has 0 radical (unpaired) electrons. The van der Waals surface area contributed by atoms with Crippen LogP contribution in [0.1, 0.15) is 5.56 Å². The van der Waals surface area contributed by atoms with Gasteiger partial charge in [0.05, 0.1) is 6.42 Å². The third-order valence-electron chi connectivity index (χ3n) is 3.14. The Labute approximate surface area is 140 Å². The maximum Gasteiger partial charge on any atom is 0.249 e. The van der Waals surface area contributed by atoms with E-state index in [1.165, 1.54) is 6.07 Å². The second kappa shape index (κ2) is 6.70. The molecule has 0 fully saturated rings. The van der Waals surface area contributed by atoms with Gasteiger partial charge >= 0.3 is 0 Å². The number of aromatic amines is 1. The highest BCUT2D eigenvalue weighted by Gasteiger charge is 2.11. The molecule has 5 nitrogen and oxygen atoms in total. The Bertz CT molecular complexity index is 849. The summed E-state index contributed by atoms with van der Waals surface area (Å²) >= 11 is 3.38. The fourth-order valence-electron chi connectivity index (χ4n) is 2.07. The Balaban J connectivity index is 1.69. The fraction of sp³-hybridized carbons (Fsp3) is 0.0625. The van der Waals surface area contributed by atoms with Crippen LogP contribution in [0.4, 0.5) is 10.3 Å². The summed E-state index contributed by atoms with van der Waals surface area (Å²) in [7, 11) is 0. The van der Waals surface area contributed by atoms with E-state index in [2.05, 4.69) is 36.4 Å². The van der Waals surface area contributed by atoms with Gasteiger partial charge in [-0.05, 0) is 23.8 Å². The van der Waals surface area contributed by atoms with Crippen molar-refractivity contribution in [2.75, 3.05) is 5.32 Å². The van der Waals surface area contributed by atoms with E-state index in [0.29, 0.717) is 11.4 Å². The number of nitrogens with zero attached hydrogens (tertiary/aromatic N) is 2. The maximum absolute atomic E-state index is 13.5. The third kappa shape index (κ3) is 3.81. The number of carbonyl (C=O) groups is 1. The predicted molar refractivity (Wildman–Crippen MR) is 88.3 cm³/mol. The summed E-state index contributed by atoms with van der Waals surface area (Å²) in [6.45, 7) is 0. The molecule has 2 aromatic carbocycles. The molecule has 0 bridgehead atoms. The van der Waals surface area contributed by atoms with Crippen LogP contribution in [0.15, 0.2) is 53.0 Å². The van der Waals surface area contributed by atoms with Crippen molar-refractivity contribution >= 4 is 27.8 Å². The molecule has 0 saturated heterocycles. The van der Waals surface area contributed by atoms with Crippen LogP contribution in [-0.4, -0.2) is 21.1 Å². The molecule has 116 valence electrons. The van der Waals surface area contributed by atoms with Gasteiger partial charge in [0.1, 0.15) is 5.82 Å². The van der Waals surface area contributed by atoms with E-state index in [-0.39, 0.29) is 18.3 Å². The van der Waals surface area contributed by atoms with Gasteiger partial charge in [0.15, 0.2) is 5.82 Å². The van der Waals surface area contributed by atoms with Crippen molar-refractivity contribution < 1.29 is 9.18 Å². The molecular weight excluding hydrogens is 363 g/mol. The minimum Gasteiger partial charge on any atom is -0.293 e. The monoisotopic (exact) mass is 374 g/mol. The summed E-state index contributed by atoms with van der Waals surface area (Å²) < 4.78 is 14.4. The first-order chi connectivity index (χ1) is 11.1. The van der Waals surface area contributed by atoms with Crippen LogP contribution in [0.25, 0.3) is 11.4 Å². The van der Waals surface area contributed by atoms with Crippen molar-refractivity contribution in [1.29, 1.82) is 0 Å². The van der Waals surface area contributed by atoms with Gasteiger partial charge < -0.3 is 0 Å². The van der Waals surface area contributed by atoms with Crippen LogP contribution in [0.5, 0.6) is 0 Å². The zero-order valence-corrected chi connectivity index (χ0v) is 13.5. The number of benzene rings is 2. The largest absolute Gasteiger partial charge is 0.293 e. The maximum atomic E-state index is 13.5. The highest BCUT2D eigenvalue weighted by Crippen LogP contribution is 2.20. The molecule has 1 amide bonds. The van der Waals surface area contributed by atoms with E-state index < -0.39 is 5.82 Å². The lowest BCUT2D eigenvalue weighted by Gasteiger charge is -2.02. The van der Waals surface area contributed by atoms with Gasteiger partial charge in [-0.15, -0.1) is 5.10 Å². The molecule has 1 aromatic heterocycles. The third-order valence-corrected chi connectivity index (χ3v) is 3.64. The van der Waals surface area contributed by atoms with E-state index in [1.807, 2.05) is 24.3 Å². The van der Waals surface area contributed by atoms with E-state index >= 15 is 0 Å². The second-order valence-electron chi connectivity index (χ2n) is 4.83. The zero-order chi connectivity index (χ0) is 16.2. The smallest absolute Gasteiger partial charge is 0.249 e. The molecular formula is C16H12BrFN4O. The summed E-state index contributed by atoms with van der Waals surface area (Å²) in [5.74, 6) is -0.101. The summed E-state index contributed by atoms with van der Waals surface area (Å²) in [6.07, 6.45) is -0.0760. The number of carbonyl (C=O) groups excluding carboxylic acids is 1. The van der Waals surface area contributed by atoms with Crippen molar-refractivity contribution in [1.82, 2.24) is 15.2 Å². The number of amides is 1. The Kier molecular flexibility index (Phi) is 4.47. The Morgan fingerprint density at radius 2 is 2.04 bits per heavy atom. The molecule has 7 heteroatoms. The fourth-order valence-corrected chi connectivity index (χ4v) is 2.47. The number of anilines is 1. The molecule has 23 heavy (non-hydrogen) atoms. The van der Waals surface area contributed by atoms with Crippen molar-refractivity contribution in [3.05, 3.63) is 64.4 Å². The zero-order valence-electron chi connectivity index (χ0n) is 11.9. The molecule has 0 unspecified atom stereocenters. The number of hydrogen-bond donors (Lipinski definition) is 2. The molecule has 0 aliphatic rings. The molecule has 0 aliphatic heterocycles. The summed E-state index contributed by atoms with van der Waals surface area (Å²) in [5, 5.41) is 9.26. The van der Waals surface area contributed by atoms with Gasteiger partial charge in [-0.1, -0.05) is 46.3 Å². The summed E-state index contributed by atoms with van der Waals surface area (Å²) in [6, 6.07) is 13.7. The van der Waals surface area contributed by atoms with Gasteiger partial charge in [-0.25, -0.2) is 4.39 Å². The first-order valence-corrected chi connectivity index (χ1v) is 7.63. The average molecular weight is 375 g/mol. The van der Waals surface area contributed by atoms with E-state index in [1.54, 1.807) is 18.2 Å². The minimum absolute atomic E-state index is 0.0760. The van der Waals surface area contributed by atoms with Crippen LogP contribution in [0, 0.1) is 5.82 Å². The van der Waals surface area contributed by atoms with Crippen LogP contribution in [-0.2, 0) is 11.2 Å². The van der Waals surface area contributed by atoms with Crippen molar-refractivity contribution in [2.45, 2.75) is 6.42 Å². The summed E-state index contributed by atoms with van der Waals surface area (Å²) in [5.41, 5.74) is 1.16. The quantitative estimate of drug-likeness (QED) is 0.733. The number of aromatic nitrogens is 3. The number of halogens is 2. The van der Waals surface area contributed by atoms with Gasteiger partial charge in [0.25, 0.3) is 0 Å².